The van der Waals surface area contributed by atoms with Crippen LogP contribution in [-0.2, 0) is 30.6 Å². The first-order valence-corrected chi connectivity index (χ1v) is 15.1. The van der Waals surface area contributed by atoms with Crippen molar-refractivity contribution in [3.8, 4) is 0 Å². The number of piperazine rings is 1. The molecule has 0 saturated carbocycles. The number of benzene rings is 2. The van der Waals surface area contributed by atoms with Crippen LogP contribution in [0.15, 0.2) is 53.4 Å². The molecule has 8 nitrogen and oxygen atoms in total. The molecule has 2 fully saturated rings. The lowest BCUT2D eigenvalue weighted by Crippen LogP contribution is -2.53. The van der Waals surface area contributed by atoms with E-state index >= 15 is 0 Å². The zero-order chi connectivity index (χ0) is 25.2. The van der Waals surface area contributed by atoms with Crippen LogP contribution in [0.1, 0.15) is 24.0 Å². The second-order valence-electron chi connectivity index (χ2n) is 9.10. The number of halogens is 1. The van der Waals surface area contributed by atoms with Gasteiger partial charge in [0.15, 0.2) is 0 Å². The van der Waals surface area contributed by atoms with Crippen molar-refractivity contribution < 1.29 is 21.6 Å². The number of hydrogen-bond acceptors (Lipinski definition) is 5. The maximum absolute atomic E-state index is 13.1. The summed E-state index contributed by atoms with van der Waals surface area (Å²) in [5.74, 6) is -0.371. The molecule has 1 amide bonds. The van der Waals surface area contributed by atoms with Gasteiger partial charge in [-0.1, -0.05) is 41.4 Å². The molecule has 2 heterocycles. The monoisotopic (exact) mass is 539 g/mol. The Morgan fingerprint density at radius 3 is 1.97 bits per heavy atom. The molecule has 2 aromatic rings. The first-order chi connectivity index (χ1) is 16.6. The van der Waals surface area contributed by atoms with Crippen LogP contribution in [0.4, 0.5) is 0 Å². The molecule has 0 unspecified atom stereocenters. The number of piperidine rings is 1. The lowest BCUT2D eigenvalue weighted by molar-refractivity contribution is -0.137. The fourth-order valence-corrected chi connectivity index (χ4v) is 7.64. The predicted octanol–water partition coefficient (Wildman–Crippen LogP) is 2.72. The first kappa shape index (κ1) is 26.1. The van der Waals surface area contributed by atoms with Crippen molar-refractivity contribution in [1.82, 2.24) is 13.5 Å². The van der Waals surface area contributed by atoms with Crippen LogP contribution in [-0.4, -0.2) is 75.5 Å². The Morgan fingerprint density at radius 1 is 0.829 bits per heavy atom. The Morgan fingerprint density at radius 2 is 1.40 bits per heavy atom. The first-order valence-electron chi connectivity index (χ1n) is 11.6. The van der Waals surface area contributed by atoms with Crippen LogP contribution in [0, 0.1) is 12.8 Å². The number of nitrogens with zero attached hydrogens (tertiary/aromatic N) is 3. The molecule has 2 aliphatic heterocycles. The number of amides is 1. The van der Waals surface area contributed by atoms with Gasteiger partial charge in [-0.05, 0) is 49.6 Å². The van der Waals surface area contributed by atoms with Crippen molar-refractivity contribution in [2.75, 3.05) is 39.3 Å². The Balaban J connectivity index is 1.29. The maximum Gasteiger partial charge on any atom is 0.243 e. The molecule has 2 aliphatic rings. The Labute approximate surface area is 212 Å². The van der Waals surface area contributed by atoms with Gasteiger partial charge < -0.3 is 4.90 Å². The summed E-state index contributed by atoms with van der Waals surface area (Å²) in [4.78, 5) is 15.0. The Kier molecular flexibility index (Phi) is 7.87. The SMILES string of the molecule is Cc1ccc(S(=O)(=O)N2CCN(C(=O)C3CCN(S(=O)(=O)Cc4ccc(Cl)cc4)CC3)CC2)cc1. The summed E-state index contributed by atoms with van der Waals surface area (Å²) in [6.45, 7) is 3.66. The van der Waals surface area contributed by atoms with Crippen molar-refractivity contribution in [3.05, 3.63) is 64.7 Å². The van der Waals surface area contributed by atoms with Gasteiger partial charge in [0.25, 0.3) is 0 Å². The lowest BCUT2D eigenvalue weighted by atomic mass is 9.96. The third-order valence-electron chi connectivity index (χ3n) is 6.67. The normalized spacial score (nSPS) is 19.1. The van der Waals surface area contributed by atoms with Gasteiger partial charge in [0.2, 0.25) is 26.0 Å². The molecule has 0 N–H and O–H groups in total. The Bertz CT molecular complexity index is 1250. The van der Waals surface area contributed by atoms with Crippen LogP contribution < -0.4 is 0 Å². The number of sulfonamides is 2. The van der Waals surface area contributed by atoms with Gasteiger partial charge in [0.1, 0.15) is 0 Å². The molecule has 2 saturated heterocycles. The smallest absolute Gasteiger partial charge is 0.243 e. The minimum atomic E-state index is -3.59. The van der Waals surface area contributed by atoms with Gasteiger partial charge in [0.05, 0.1) is 10.6 Å². The summed E-state index contributed by atoms with van der Waals surface area (Å²) in [7, 11) is -7.07. The van der Waals surface area contributed by atoms with Crippen LogP contribution in [0.25, 0.3) is 0 Å². The summed E-state index contributed by atoms with van der Waals surface area (Å²) >= 11 is 5.88. The maximum atomic E-state index is 13.1. The van der Waals surface area contributed by atoms with E-state index in [1.165, 1.54) is 8.61 Å². The van der Waals surface area contributed by atoms with E-state index in [2.05, 4.69) is 0 Å². The highest BCUT2D eigenvalue weighted by atomic mass is 35.5. The zero-order valence-electron chi connectivity index (χ0n) is 19.6. The molecule has 0 spiro atoms. The van der Waals surface area contributed by atoms with Crippen LogP contribution in [0.3, 0.4) is 0 Å². The highest BCUT2D eigenvalue weighted by molar-refractivity contribution is 7.89. The topological polar surface area (TPSA) is 95.1 Å². The van der Waals surface area contributed by atoms with Gasteiger partial charge >= 0.3 is 0 Å². The van der Waals surface area contributed by atoms with Gasteiger partial charge in [-0.3, -0.25) is 4.79 Å². The molecular weight excluding hydrogens is 510 g/mol. The third kappa shape index (κ3) is 6.06. The van der Waals surface area contributed by atoms with Crippen molar-refractivity contribution in [2.45, 2.75) is 30.4 Å². The van der Waals surface area contributed by atoms with E-state index in [0.717, 1.165) is 5.56 Å². The largest absolute Gasteiger partial charge is 0.340 e. The minimum absolute atomic E-state index is 0.0212. The van der Waals surface area contributed by atoms with E-state index < -0.39 is 20.0 Å². The standard InChI is InChI=1S/C24H30ClN3O5S2/c1-19-2-8-23(9-3-19)35(32,33)28-16-14-26(15-17-28)24(29)21-10-12-27(13-11-21)34(30,31)18-20-4-6-22(25)7-5-20/h2-9,21H,10-18H2,1H3. The number of rotatable bonds is 6. The summed E-state index contributed by atoms with van der Waals surface area (Å²) in [6, 6.07) is 13.5. The highest BCUT2D eigenvalue weighted by Gasteiger charge is 2.35. The molecule has 0 aromatic heterocycles. The van der Waals surface area contributed by atoms with Crippen molar-refractivity contribution in [3.63, 3.8) is 0 Å². The molecule has 0 aliphatic carbocycles. The van der Waals surface area contributed by atoms with Crippen molar-refractivity contribution >= 4 is 37.6 Å². The average Bonchev–Trinajstić information content (AvgIpc) is 2.85. The fraction of sp³-hybridized carbons (Fsp3) is 0.458. The van der Waals surface area contributed by atoms with Crippen molar-refractivity contribution in [2.24, 2.45) is 5.92 Å². The van der Waals surface area contributed by atoms with Gasteiger partial charge in [-0.25, -0.2) is 21.1 Å². The lowest BCUT2D eigenvalue weighted by Gasteiger charge is -2.38. The second kappa shape index (κ2) is 10.6. The van der Waals surface area contributed by atoms with E-state index in [0.29, 0.717) is 49.6 Å². The molecule has 4 rings (SSSR count). The predicted molar refractivity (Wildman–Crippen MR) is 135 cm³/mol. The van der Waals surface area contributed by atoms with Gasteiger partial charge in [-0.2, -0.15) is 4.31 Å². The number of aryl methyl sites for hydroxylation is 1. The van der Waals surface area contributed by atoms with E-state index in [1.54, 1.807) is 53.4 Å². The number of carbonyl (C=O) groups excluding carboxylic acids is 1. The quantitative estimate of drug-likeness (QED) is 0.562. The summed E-state index contributed by atoms with van der Waals surface area (Å²) < 4.78 is 54.3. The summed E-state index contributed by atoms with van der Waals surface area (Å²) in [6.07, 6.45) is 0.918. The molecule has 35 heavy (non-hydrogen) atoms. The molecule has 190 valence electrons. The zero-order valence-corrected chi connectivity index (χ0v) is 22.0. The van der Waals surface area contributed by atoms with Crippen LogP contribution in [0.5, 0.6) is 0 Å². The Hall–Kier alpha value is -1.98. The summed E-state index contributed by atoms with van der Waals surface area (Å²) in [5.41, 5.74) is 1.66. The summed E-state index contributed by atoms with van der Waals surface area (Å²) in [5, 5.41) is 0.555. The number of carbonyl (C=O) groups is 1. The molecule has 0 bridgehead atoms. The highest BCUT2D eigenvalue weighted by Crippen LogP contribution is 2.25. The van der Waals surface area contributed by atoms with E-state index in [1.807, 2.05) is 6.92 Å². The second-order valence-corrected chi connectivity index (χ2v) is 13.4. The molecule has 0 atom stereocenters. The van der Waals surface area contributed by atoms with Crippen LogP contribution >= 0.6 is 11.6 Å². The molecule has 11 heteroatoms. The fourth-order valence-electron chi connectivity index (χ4n) is 4.53. The molecule has 0 radical (unpaired) electrons. The van der Waals surface area contributed by atoms with Crippen LogP contribution in [0.2, 0.25) is 5.02 Å². The third-order valence-corrected chi connectivity index (χ3v) is 10.7. The number of hydrogen-bond donors (Lipinski definition) is 0. The molecular formula is C24H30ClN3O5S2. The van der Waals surface area contributed by atoms with Gasteiger partial charge in [0, 0.05) is 50.2 Å². The minimum Gasteiger partial charge on any atom is -0.340 e. The van der Waals surface area contributed by atoms with E-state index in [-0.39, 0.29) is 35.6 Å². The van der Waals surface area contributed by atoms with Crippen molar-refractivity contribution in [1.29, 1.82) is 0 Å². The van der Waals surface area contributed by atoms with Gasteiger partial charge in [-0.15, -0.1) is 0 Å². The average molecular weight is 540 g/mol. The van der Waals surface area contributed by atoms with E-state index in [4.69, 9.17) is 11.6 Å². The molecule has 2 aromatic carbocycles. The van der Waals surface area contributed by atoms with E-state index in [9.17, 15) is 21.6 Å².